The molecule has 2 aliphatic carbocycles. The number of rotatable bonds is 4. The van der Waals surface area contributed by atoms with Crippen LogP contribution >= 0.6 is 0 Å². The zero-order valence-corrected chi connectivity index (χ0v) is 16.0. The van der Waals surface area contributed by atoms with Gasteiger partial charge in [0.25, 0.3) is 0 Å². The van der Waals surface area contributed by atoms with Gasteiger partial charge < -0.3 is 11.5 Å². The highest BCUT2D eigenvalue weighted by molar-refractivity contribution is 5.07. The molecule has 2 nitrogen and oxygen atoms in total. The maximum atomic E-state index is 14.3. The molecule has 2 rings (SSSR count). The lowest BCUT2D eigenvalue weighted by molar-refractivity contribution is -0.383. The van der Waals surface area contributed by atoms with E-state index in [1.54, 1.807) is 13.8 Å². The number of nitrogens with two attached hydrogens (primary N) is 2. The summed E-state index contributed by atoms with van der Waals surface area (Å²) in [6.07, 6.45) is -9.77. The number of hydrogen-bond acceptors (Lipinski definition) is 2. The summed E-state index contributed by atoms with van der Waals surface area (Å²) in [5, 5.41) is 0. The van der Waals surface area contributed by atoms with E-state index in [9.17, 15) is 26.3 Å². The molecule has 2 saturated carbocycles. The fraction of sp³-hybridized carbons (Fsp3) is 1.00. The predicted octanol–water partition coefficient (Wildman–Crippen LogP) is 5.40. The van der Waals surface area contributed by atoms with Crippen LogP contribution in [0.1, 0.15) is 65.2 Å². The average Bonchev–Trinajstić information content (AvgIpc) is 2.55. The van der Waals surface area contributed by atoms with Crippen LogP contribution in [0.3, 0.4) is 0 Å². The molecule has 8 heteroatoms. The van der Waals surface area contributed by atoms with Crippen molar-refractivity contribution in [2.24, 2.45) is 40.6 Å². The summed E-state index contributed by atoms with van der Waals surface area (Å²) in [4.78, 5) is 0. The molecule has 4 N–H and O–H groups in total. The third-order valence-electron chi connectivity index (χ3n) is 7.36. The van der Waals surface area contributed by atoms with Gasteiger partial charge in [-0.3, -0.25) is 0 Å². The van der Waals surface area contributed by atoms with Crippen molar-refractivity contribution in [1.82, 2.24) is 0 Å². The predicted molar refractivity (Wildman–Crippen MR) is 92.7 cm³/mol. The molecule has 6 atom stereocenters. The van der Waals surface area contributed by atoms with E-state index in [1.807, 2.05) is 0 Å². The van der Waals surface area contributed by atoms with Gasteiger partial charge in [0.2, 0.25) is 0 Å². The normalized spacial score (nSPS) is 36.7. The zero-order valence-electron chi connectivity index (χ0n) is 16.0. The van der Waals surface area contributed by atoms with Crippen LogP contribution in [0.5, 0.6) is 0 Å². The second-order valence-electron chi connectivity index (χ2n) is 8.55. The molecule has 27 heavy (non-hydrogen) atoms. The van der Waals surface area contributed by atoms with Crippen molar-refractivity contribution in [1.29, 1.82) is 0 Å². The molecule has 6 unspecified atom stereocenters. The summed E-state index contributed by atoms with van der Waals surface area (Å²) in [5.41, 5.74) is 8.28. The highest BCUT2D eigenvalue weighted by Gasteiger charge is 2.76. The first-order chi connectivity index (χ1) is 12.4. The molecule has 0 aromatic heterocycles. The molecule has 0 aliphatic heterocycles. The molecule has 0 aromatic rings. The third-order valence-corrected chi connectivity index (χ3v) is 7.36. The molecule has 2 fully saturated rings. The molecule has 0 saturated heterocycles. The van der Waals surface area contributed by atoms with E-state index in [-0.39, 0.29) is 62.4 Å². The second kappa shape index (κ2) is 8.09. The second-order valence-corrected chi connectivity index (χ2v) is 8.55. The average molecular weight is 402 g/mol. The minimum absolute atomic E-state index is 0.115. The Labute approximate surface area is 157 Å². The summed E-state index contributed by atoms with van der Waals surface area (Å²) in [5.74, 6) is -3.56. The fourth-order valence-electron chi connectivity index (χ4n) is 5.76. The first kappa shape index (κ1) is 22.8. The summed E-state index contributed by atoms with van der Waals surface area (Å²) >= 11 is 0. The van der Waals surface area contributed by atoms with Crippen molar-refractivity contribution in [3.63, 3.8) is 0 Å². The Morgan fingerprint density at radius 1 is 0.667 bits per heavy atom. The Kier molecular flexibility index (Phi) is 6.83. The van der Waals surface area contributed by atoms with E-state index in [2.05, 4.69) is 0 Å². The van der Waals surface area contributed by atoms with Gasteiger partial charge in [-0.25, -0.2) is 0 Å². The quantitative estimate of drug-likeness (QED) is 0.618. The minimum Gasteiger partial charge on any atom is -0.327 e. The Balaban J connectivity index is 2.51. The van der Waals surface area contributed by atoms with Crippen molar-refractivity contribution in [3.8, 4) is 0 Å². The van der Waals surface area contributed by atoms with Gasteiger partial charge in [0.05, 0.1) is 0 Å². The molecule has 0 amide bonds. The summed E-state index contributed by atoms with van der Waals surface area (Å²) in [6, 6.07) is -0.651. The highest BCUT2D eigenvalue weighted by Crippen LogP contribution is 2.65. The summed E-state index contributed by atoms with van der Waals surface area (Å²) in [7, 11) is 0. The molecule has 0 heterocycles. The molecule has 160 valence electrons. The summed E-state index contributed by atoms with van der Waals surface area (Å²) in [6.45, 7) is 3.56. The van der Waals surface area contributed by atoms with Crippen molar-refractivity contribution < 1.29 is 26.3 Å². The van der Waals surface area contributed by atoms with Crippen LogP contribution in [-0.4, -0.2) is 24.4 Å². The zero-order chi connectivity index (χ0) is 20.6. The fourth-order valence-corrected chi connectivity index (χ4v) is 5.76. The molecular formula is C19H32F6N2. The van der Waals surface area contributed by atoms with Crippen LogP contribution < -0.4 is 11.5 Å². The van der Waals surface area contributed by atoms with Gasteiger partial charge in [-0.2, -0.15) is 26.3 Å². The van der Waals surface area contributed by atoms with Gasteiger partial charge in [0, 0.05) is 12.1 Å². The van der Waals surface area contributed by atoms with E-state index in [4.69, 9.17) is 11.5 Å². The maximum Gasteiger partial charge on any atom is 0.403 e. The van der Waals surface area contributed by atoms with Crippen LogP contribution in [0.25, 0.3) is 0 Å². The van der Waals surface area contributed by atoms with Crippen LogP contribution in [-0.2, 0) is 0 Å². The van der Waals surface area contributed by atoms with Crippen molar-refractivity contribution in [2.75, 3.05) is 0 Å². The topological polar surface area (TPSA) is 52.0 Å². The van der Waals surface area contributed by atoms with Gasteiger partial charge >= 0.3 is 12.4 Å². The van der Waals surface area contributed by atoms with Crippen LogP contribution in [0, 0.1) is 29.1 Å². The molecular weight excluding hydrogens is 370 g/mol. The first-order valence-electron chi connectivity index (χ1n) is 10.0. The van der Waals surface area contributed by atoms with Crippen LogP contribution in [0.2, 0.25) is 0 Å². The van der Waals surface area contributed by atoms with E-state index in [0.29, 0.717) is 12.8 Å². The maximum absolute atomic E-state index is 14.3. The monoisotopic (exact) mass is 402 g/mol. The van der Waals surface area contributed by atoms with Crippen molar-refractivity contribution in [2.45, 2.75) is 89.7 Å². The van der Waals surface area contributed by atoms with Gasteiger partial charge in [0.15, 0.2) is 5.41 Å². The lowest BCUT2D eigenvalue weighted by Gasteiger charge is -2.53. The highest BCUT2D eigenvalue weighted by atomic mass is 19.4. The first-order valence-corrected chi connectivity index (χ1v) is 10.0. The number of halogens is 6. The van der Waals surface area contributed by atoms with E-state index in [0.717, 1.165) is 0 Å². The minimum atomic E-state index is -5.35. The van der Waals surface area contributed by atoms with E-state index >= 15 is 0 Å². The van der Waals surface area contributed by atoms with Gasteiger partial charge in [0.1, 0.15) is 0 Å². The summed E-state index contributed by atoms with van der Waals surface area (Å²) < 4.78 is 85.9. The Hall–Kier alpha value is -0.500. The van der Waals surface area contributed by atoms with Gasteiger partial charge in [-0.05, 0) is 62.2 Å². The van der Waals surface area contributed by atoms with Crippen molar-refractivity contribution >= 4 is 0 Å². The lowest BCUT2D eigenvalue weighted by Crippen LogP contribution is -2.62. The third kappa shape index (κ3) is 3.98. The molecule has 0 spiro atoms. The van der Waals surface area contributed by atoms with Crippen molar-refractivity contribution in [3.05, 3.63) is 0 Å². The Morgan fingerprint density at radius 2 is 1.00 bits per heavy atom. The van der Waals surface area contributed by atoms with Gasteiger partial charge in [-0.15, -0.1) is 0 Å². The van der Waals surface area contributed by atoms with Gasteiger partial charge in [-0.1, -0.05) is 26.7 Å². The SMILES string of the molecule is CCC1CC(C(C2CCC(N)C(CC)C2)(C(F)(F)F)C(F)(F)F)CCC1N. The lowest BCUT2D eigenvalue weighted by atomic mass is 9.54. The Morgan fingerprint density at radius 3 is 1.26 bits per heavy atom. The van der Waals surface area contributed by atoms with E-state index in [1.165, 1.54) is 0 Å². The number of alkyl halides is 6. The van der Waals surface area contributed by atoms with Crippen LogP contribution in [0.4, 0.5) is 26.3 Å². The standard InChI is InChI=1S/C19H32F6N2/c1-3-11-9-13(5-7-15(11)26)17(18(20,21)22,19(23,24)25)14-6-8-16(27)12(4-2)10-14/h11-16H,3-10,26-27H2,1-2H3. The Bertz CT molecular complexity index is 446. The number of hydrogen-bond donors (Lipinski definition) is 2. The molecule has 0 radical (unpaired) electrons. The van der Waals surface area contributed by atoms with E-state index < -0.39 is 29.6 Å². The van der Waals surface area contributed by atoms with Crippen LogP contribution in [0.15, 0.2) is 0 Å². The molecule has 0 aromatic carbocycles. The molecule has 2 aliphatic rings. The molecule has 0 bridgehead atoms. The largest absolute Gasteiger partial charge is 0.403 e. The smallest absolute Gasteiger partial charge is 0.327 e.